The van der Waals surface area contributed by atoms with Crippen molar-refractivity contribution in [2.45, 2.75) is 4.90 Å². The quantitative estimate of drug-likeness (QED) is 0.309. The number of aromatic nitrogens is 1. The van der Waals surface area contributed by atoms with E-state index >= 15 is 0 Å². The minimum absolute atomic E-state index is 0. The summed E-state index contributed by atoms with van der Waals surface area (Å²) in [4.78, 5) is 21.6. The van der Waals surface area contributed by atoms with E-state index in [1.54, 1.807) is 6.07 Å². The molecule has 3 aromatic rings. The van der Waals surface area contributed by atoms with Crippen LogP contribution in [0.3, 0.4) is 0 Å². The van der Waals surface area contributed by atoms with Gasteiger partial charge in [0.25, 0.3) is 5.91 Å². The molecule has 0 atom stereocenters. The van der Waals surface area contributed by atoms with Crippen LogP contribution in [0.5, 0.6) is 0 Å². The van der Waals surface area contributed by atoms with Crippen LogP contribution in [0.4, 0.5) is 9.52 Å². The molecule has 0 saturated carbocycles. The van der Waals surface area contributed by atoms with Gasteiger partial charge in [-0.3, -0.25) is 9.69 Å². The lowest BCUT2D eigenvalue weighted by molar-refractivity contribution is 0.0985. The van der Waals surface area contributed by atoms with Gasteiger partial charge in [0.2, 0.25) is 10.0 Å². The highest BCUT2D eigenvalue weighted by molar-refractivity contribution is 7.89. The molecule has 0 radical (unpaired) electrons. The van der Waals surface area contributed by atoms with Crippen molar-refractivity contribution in [3.8, 4) is 0 Å². The van der Waals surface area contributed by atoms with Gasteiger partial charge in [0.1, 0.15) is 5.82 Å². The van der Waals surface area contributed by atoms with E-state index < -0.39 is 10.0 Å². The fraction of sp³-hybridized carbons (Fsp3) is 0.417. The maximum absolute atomic E-state index is 13.7. The third kappa shape index (κ3) is 7.90. The molecule has 9 nitrogen and oxygen atoms in total. The van der Waals surface area contributed by atoms with E-state index in [0.717, 1.165) is 0 Å². The van der Waals surface area contributed by atoms with Crippen molar-refractivity contribution in [3.63, 3.8) is 0 Å². The number of carbonyl (C=O) groups is 1. The van der Waals surface area contributed by atoms with Gasteiger partial charge >= 0.3 is 0 Å². The van der Waals surface area contributed by atoms with Crippen LogP contribution in [0.2, 0.25) is 0 Å². The Kier molecular flexibility index (Phi) is 11.8. The average Bonchev–Trinajstić information content (AvgIpc) is 3.26. The van der Waals surface area contributed by atoms with Gasteiger partial charge in [-0.2, -0.15) is 4.31 Å². The summed E-state index contributed by atoms with van der Waals surface area (Å²) in [5.41, 5.74) is 0.922. The molecule has 0 aliphatic carbocycles. The summed E-state index contributed by atoms with van der Waals surface area (Å²) in [5.74, 6) is -0.693. The fourth-order valence-corrected chi connectivity index (χ4v) is 5.82. The number of ether oxygens (including phenoxy) is 2. The topological polar surface area (TPSA) is 92.3 Å². The van der Waals surface area contributed by atoms with Crippen molar-refractivity contribution in [1.29, 1.82) is 0 Å². The van der Waals surface area contributed by atoms with Crippen molar-refractivity contribution in [2.24, 2.45) is 0 Å². The SMILES string of the molecule is COCCN(CCOC)S(=O)(=O)c1ccc(C(=O)N(CCN(C)C)c2nc3ccc(F)cc3s2)cc1.Cl. The summed E-state index contributed by atoms with van der Waals surface area (Å²) >= 11 is 1.23. The number of carbonyl (C=O) groups excluding carboxylic acids is 1. The molecule has 13 heteroatoms. The van der Waals surface area contributed by atoms with Crippen molar-refractivity contribution >= 4 is 55.0 Å². The Balaban J connectivity index is 0.00000481. The third-order valence-electron chi connectivity index (χ3n) is 5.41. The second kappa shape index (κ2) is 14.1. The van der Waals surface area contributed by atoms with E-state index in [4.69, 9.17) is 9.47 Å². The van der Waals surface area contributed by atoms with Gasteiger partial charge in [-0.05, 0) is 56.6 Å². The predicted octanol–water partition coefficient (Wildman–Crippen LogP) is 3.35. The summed E-state index contributed by atoms with van der Waals surface area (Å²) in [6.07, 6.45) is 0. The number of hydrogen-bond donors (Lipinski definition) is 0. The molecule has 0 saturated heterocycles. The molecule has 204 valence electrons. The highest BCUT2D eigenvalue weighted by atomic mass is 35.5. The molecule has 0 aliphatic heterocycles. The van der Waals surface area contributed by atoms with Gasteiger partial charge in [0, 0.05) is 46.0 Å². The Morgan fingerprint density at radius 1 is 0.973 bits per heavy atom. The third-order valence-corrected chi connectivity index (χ3v) is 8.37. The van der Waals surface area contributed by atoms with E-state index in [9.17, 15) is 17.6 Å². The summed E-state index contributed by atoms with van der Waals surface area (Å²) in [5, 5.41) is 0.449. The summed E-state index contributed by atoms with van der Waals surface area (Å²) in [7, 11) is 3.00. The second-order valence-electron chi connectivity index (χ2n) is 8.28. The molecule has 0 aliphatic rings. The number of nitrogens with zero attached hydrogens (tertiary/aromatic N) is 4. The number of fused-ring (bicyclic) bond motifs is 1. The number of halogens is 2. The van der Waals surface area contributed by atoms with Gasteiger partial charge in [-0.1, -0.05) is 11.3 Å². The average molecular weight is 575 g/mol. The van der Waals surface area contributed by atoms with Crippen molar-refractivity contribution in [3.05, 3.63) is 53.8 Å². The first-order valence-electron chi connectivity index (χ1n) is 11.3. The fourth-order valence-electron chi connectivity index (χ4n) is 3.40. The minimum Gasteiger partial charge on any atom is -0.383 e. The second-order valence-corrected chi connectivity index (χ2v) is 11.2. The number of likely N-dealkylation sites (N-methyl/N-ethyl adjacent to an activating group) is 1. The summed E-state index contributed by atoms with van der Waals surface area (Å²) in [6.45, 7) is 1.78. The molecule has 2 aromatic carbocycles. The first kappa shape index (κ1) is 31.0. The van der Waals surface area contributed by atoms with Crippen molar-refractivity contribution in [1.82, 2.24) is 14.2 Å². The van der Waals surface area contributed by atoms with E-state index in [0.29, 0.717) is 34.0 Å². The van der Waals surface area contributed by atoms with Crippen LogP contribution in [-0.2, 0) is 19.5 Å². The van der Waals surface area contributed by atoms with E-state index in [1.165, 1.54) is 71.2 Å². The monoisotopic (exact) mass is 574 g/mol. The van der Waals surface area contributed by atoms with Crippen molar-refractivity contribution < 1.29 is 27.1 Å². The zero-order chi connectivity index (χ0) is 26.3. The highest BCUT2D eigenvalue weighted by Crippen LogP contribution is 2.30. The molecule has 37 heavy (non-hydrogen) atoms. The van der Waals surface area contributed by atoms with Gasteiger partial charge in [0.15, 0.2) is 5.13 Å². The van der Waals surface area contributed by atoms with Crippen LogP contribution in [-0.4, -0.2) is 96.2 Å². The molecule has 1 heterocycles. The number of rotatable bonds is 13. The van der Waals surface area contributed by atoms with E-state index in [-0.39, 0.29) is 55.3 Å². The number of methoxy groups -OCH3 is 2. The molecule has 0 fully saturated rings. The van der Waals surface area contributed by atoms with Crippen molar-refractivity contribution in [2.75, 3.05) is 72.6 Å². The number of sulfonamides is 1. The van der Waals surface area contributed by atoms with Gasteiger partial charge in [-0.25, -0.2) is 17.8 Å². The molecular weight excluding hydrogens is 543 g/mol. The molecule has 0 N–H and O–H groups in total. The predicted molar refractivity (Wildman–Crippen MR) is 146 cm³/mol. The maximum Gasteiger partial charge on any atom is 0.260 e. The molecule has 0 bridgehead atoms. The van der Waals surface area contributed by atoms with Gasteiger partial charge in [0.05, 0.1) is 28.3 Å². The number of hydrogen-bond acceptors (Lipinski definition) is 8. The smallest absolute Gasteiger partial charge is 0.260 e. The van der Waals surface area contributed by atoms with Crippen LogP contribution < -0.4 is 4.90 Å². The number of amides is 1. The van der Waals surface area contributed by atoms with Gasteiger partial charge in [-0.15, -0.1) is 12.4 Å². The largest absolute Gasteiger partial charge is 0.383 e. The molecule has 1 aromatic heterocycles. The van der Waals surface area contributed by atoms with Crippen LogP contribution >= 0.6 is 23.7 Å². The Labute approximate surface area is 227 Å². The highest BCUT2D eigenvalue weighted by Gasteiger charge is 2.26. The van der Waals surface area contributed by atoms with E-state index in [2.05, 4.69) is 4.98 Å². The van der Waals surface area contributed by atoms with Gasteiger partial charge < -0.3 is 14.4 Å². The zero-order valence-corrected chi connectivity index (χ0v) is 23.7. The first-order valence-corrected chi connectivity index (χ1v) is 13.5. The van der Waals surface area contributed by atoms with Crippen LogP contribution in [0.25, 0.3) is 10.2 Å². The lowest BCUT2D eigenvalue weighted by Crippen LogP contribution is -2.37. The molecule has 1 amide bonds. The maximum atomic E-state index is 13.7. The standard InChI is InChI=1S/C24H31FN4O5S2.ClH/c1-27(2)11-12-29(24-26-21-10-7-19(25)17-22(21)35-24)23(30)18-5-8-20(9-6-18)36(31,32)28(13-15-33-3)14-16-34-4;/h5-10,17H,11-16H2,1-4H3;1H. The first-order chi connectivity index (χ1) is 17.2. The molecular formula is C24H32ClFN4O5S2. The van der Waals surface area contributed by atoms with Crippen LogP contribution in [0, 0.1) is 5.82 Å². The Hall–Kier alpha value is -2.19. The molecule has 0 spiro atoms. The van der Waals surface area contributed by atoms with E-state index in [1.807, 2.05) is 19.0 Å². The summed E-state index contributed by atoms with van der Waals surface area (Å²) < 4.78 is 52.0. The number of thiazole rings is 1. The minimum atomic E-state index is -3.81. The lowest BCUT2D eigenvalue weighted by atomic mass is 10.2. The normalized spacial score (nSPS) is 11.8. The number of anilines is 1. The lowest BCUT2D eigenvalue weighted by Gasteiger charge is -2.23. The Morgan fingerprint density at radius 3 is 2.16 bits per heavy atom. The Bertz CT molecular complexity index is 1260. The van der Waals surface area contributed by atoms with Crippen LogP contribution in [0.15, 0.2) is 47.4 Å². The zero-order valence-electron chi connectivity index (χ0n) is 21.2. The number of benzene rings is 2. The molecule has 0 unspecified atom stereocenters. The summed E-state index contributed by atoms with van der Waals surface area (Å²) in [6, 6.07) is 10.1. The Morgan fingerprint density at radius 2 is 1.59 bits per heavy atom. The molecule has 3 rings (SSSR count). The van der Waals surface area contributed by atoms with Crippen LogP contribution in [0.1, 0.15) is 10.4 Å².